The van der Waals surface area contributed by atoms with Gasteiger partial charge in [-0.05, 0) is 118 Å². The van der Waals surface area contributed by atoms with E-state index in [1.165, 1.54) is 72.0 Å². The number of hydrogen-bond acceptors (Lipinski definition) is 1. The second-order valence-corrected chi connectivity index (χ2v) is 15.0. The first-order valence-electron chi connectivity index (χ1n) is 18.9. The number of nitrogens with zero attached hydrogens (tertiary/aromatic N) is 2. The molecule has 1 heterocycles. The van der Waals surface area contributed by atoms with E-state index in [4.69, 9.17) is 0 Å². The molecule has 0 fully saturated rings. The van der Waals surface area contributed by atoms with Gasteiger partial charge in [0.25, 0.3) is 0 Å². The van der Waals surface area contributed by atoms with E-state index in [-0.39, 0.29) is 5.41 Å². The molecule has 54 heavy (non-hydrogen) atoms. The van der Waals surface area contributed by atoms with Gasteiger partial charge in [-0.3, -0.25) is 0 Å². The molecule has 0 bridgehead atoms. The van der Waals surface area contributed by atoms with Gasteiger partial charge in [0.15, 0.2) is 0 Å². The highest BCUT2D eigenvalue weighted by Crippen LogP contribution is 2.50. The number of aromatic nitrogens is 1. The lowest BCUT2D eigenvalue weighted by Crippen LogP contribution is -2.16. The molecule has 2 heteroatoms. The summed E-state index contributed by atoms with van der Waals surface area (Å²) in [5.41, 5.74) is 17.5. The predicted molar refractivity (Wildman–Crippen MR) is 228 cm³/mol. The van der Waals surface area contributed by atoms with Crippen LogP contribution in [0.15, 0.2) is 194 Å². The van der Waals surface area contributed by atoms with Crippen molar-refractivity contribution in [3.05, 3.63) is 216 Å². The van der Waals surface area contributed by atoms with Crippen molar-refractivity contribution in [1.29, 1.82) is 0 Å². The van der Waals surface area contributed by atoms with Crippen LogP contribution in [0.25, 0.3) is 49.7 Å². The molecule has 8 aromatic carbocycles. The Morgan fingerprint density at radius 3 is 1.81 bits per heavy atom. The Bertz CT molecular complexity index is 2790. The topological polar surface area (TPSA) is 8.17 Å². The van der Waals surface area contributed by atoms with Crippen LogP contribution in [0.1, 0.15) is 36.1 Å². The molecule has 0 atom stereocenters. The molecule has 0 amide bonds. The molecule has 2 nitrogen and oxygen atoms in total. The van der Waals surface area contributed by atoms with Crippen molar-refractivity contribution in [1.82, 2.24) is 4.57 Å². The first kappa shape index (κ1) is 32.0. The van der Waals surface area contributed by atoms with Gasteiger partial charge < -0.3 is 9.47 Å². The van der Waals surface area contributed by atoms with Crippen LogP contribution in [0.4, 0.5) is 17.1 Å². The maximum absolute atomic E-state index is 2.40. The zero-order chi connectivity index (χ0) is 36.2. The van der Waals surface area contributed by atoms with Crippen LogP contribution >= 0.6 is 0 Å². The second kappa shape index (κ2) is 12.8. The molecule has 258 valence electrons. The minimum absolute atomic E-state index is 0.0677. The van der Waals surface area contributed by atoms with Gasteiger partial charge in [-0.2, -0.15) is 0 Å². The molecule has 0 spiro atoms. The maximum Gasteiger partial charge on any atom is 0.0541 e. The number of hydrogen-bond donors (Lipinski definition) is 0. The normalized spacial score (nSPS) is 12.9. The predicted octanol–water partition coefficient (Wildman–Crippen LogP) is 13.8. The van der Waals surface area contributed by atoms with Crippen LogP contribution in [0.5, 0.6) is 0 Å². The fraction of sp³-hybridized carbons (Fsp3) is 0.0769. The fourth-order valence-electron chi connectivity index (χ4n) is 8.68. The van der Waals surface area contributed by atoms with Crippen molar-refractivity contribution >= 4 is 38.9 Å². The van der Waals surface area contributed by atoms with E-state index >= 15 is 0 Å². The summed E-state index contributed by atoms with van der Waals surface area (Å²) < 4.78 is 2.40. The van der Waals surface area contributed by atoms with Crippen LogP contribution in [-0.2, 0) is 11.8 Å². The van der Waals surface area contributed by atoms with Gasteiger partial charge in [-0.15, -0.1) is 0 Å². The van der Waals surface area contributed by atoms with E-state index in [2.05, 4.69) is 217 Å². The van der Waals surface area contributed by atoms with Gasteiger partial charge in [-0.25, -0.2) is 0 Å². The van der Waals surface area contributed by atoms with E-state index in [9.17, 15) is 0 Å². The molecule has 0 saturated heterocycles. The van der Waals surface area contributed by atoms with E-state index < -0.39 is 0 Å². The highest BCUT2D eigenvalue weighted by molar-refractivity contribution is 6.10. The summed E-state index contributed by atoms with van der Waals surface area (Å²) in [5.74, 6) is 0. The monoisotopic (exact) mass is 692 g/mol. The number of fused-ring (bicyclic) bond motifs is 6. The molecule has 1 aromatic heterocycles. The summed E-state index contributed by atoms with van der Waals surface area (Å²) in [6.45, 7) is 4.69. The van der Waals surface area contributed by atoms with Crippen molar-refractivity contribution < 1.29 is 0 Å². The lowest BCUT2D eigenvalue weighted by Gasteiger charge is -2.28. The molecular weight excluding hydrogens is 653 g/mol. The van der Waals surface area contributed by atoms with Crippen molar-refractivity contribution in [2.45, 2.75) is 25.7 Å². The molecule has 0 saturated carbocycles. The first-order valence-corrected chi connectivity index (χ1v) is 18.9. The zero-order valence-corrected chi connectivity index (χ0v) is 30.6. The van der Waals surface area contributed by atoms with Gasteiger partial charge in [0.2, 0.25) is 0 Å². The Hall–Kier alpha value is -6.64. The molecule has 9 aromatic rings. The number of rotatable bonds is 7. The standard InChI is InChI=1S/C52H40N2/c1-52(2)48-19-11-9-17-44(48)45-31-30-43(35-49(45)52)53(40-15-7-4-8-16-40)41-28-23-38(24-29-41)39-25-32-51-47(34-39)46-18-10-12-20-50(46)54(51)42-26-21-37(22-27-42)33-36-13-5-3-6-14-36/h3-32,34-35H,33H2,1-2H3. The van der Waals surface area contributed by atoms with Gasteiger partial charge in [-0.1, -0.05) is 141 Å². The van der Waals surface area contributed by atoms with E-state index in [0.29, 0.717) is 0 Å². The quantitative estimate of drug-likeness (QED) is 0.161. The third-order valence-corrected chi connectivity index (χ3v) is 11.4. The molecule has 0 unspecified atom stereocenters. The first-order chi connectivity index (χ1) is 26.5. The largest absolute Gasteiger partial charge is 0.310 e. The van der Waals surface area contributed by atoms with Crippen molar-refractivity contribution in [3.8, 4) is 27.9 Å². The molecule has 0 radical (unpaired) electrons. The van der Waals surface area contributed by atoms with Crippen LogP contribution in [-0.4, -0.2) is 4.57 Å². The Morgan fingerprint density at radius 1 is 0.426 bits per heavy atom. The minimum atomic E-state index is -0.0677. The summed E-state index contributed by atoms with van der Waals surface area (Å²) >= 11 is 0. The van der Waals surface area contributed by atoms with Crippen LogP contribution < -0.4 is 4.90 Å². The van der Waals surface area contributed by atoms with E-state index in [1.807, 2.05) is 0 Å². The number of anilines is 3. The average Bonchev–Trinajstić information content (AvgIpc) is 3.67. The molecule has 10 rings (SSSR count). The van der Waals surface area contributed by atoms with Crippen molar-refractivity contribution in [2.75, 3.05) is 4.90 Å². The van der Waals surface area contributed by atoms with E-state index in [1.54, 1.807) is 0 Å². The third-order valence-electron chi connectivity index (χ3n) is 11.4. The molecule has 1 aliphatic carbocycles. The Kier molecular flexibility index (Phi) is 7.59. The minimum Gasteiger partial charge on any atom is -0.310 e. The van der Waals surface area contributed by atoms with Crippen LogP contribution in [0.2, 0.25) is 0 Å². The Labute approximate surface area is 317 Å². The van der Waals surface area contributed by atoms with Gasteiger partial charge in [0.05, 0.1) is 11.0 Å². The van der Waals surface area contributed by atoms with Crippen LogP contribution in [0.3, 0.4) is 0 Å². The maximum atomic E-state index is 2.40. The highest BCUT2D eigenvalue weighted by Gasteiger charge is 2.35. The van der Waals surface area contributed by atoms with Gasteiger partial charge in [0.1, 0.15) is 0 Å². The smallest absolute Gasteiger partial charge is 0.0541 e. The highest BCUT2D eigenvalue weighted by atomic mass is 15.1. The molecular formula is C52H40N2. The Balaban J connectivity index is 1.01. The van der Waals surface area contributed by atoms with Crippen molar-refractivity contribution in [3.63, 3.8) is 0 Å². The fourth-order valence-corrected chi connectivity index (χ4v) is 8.68. The summed E-state index contributed by atoms with van der Waals surface area (Å²) in [5, 5.41) is 2.52. The average molecular weight is 693 g/mol. The van der Waals surface area contributed by atoms with Crippen LogP contribution in [0, 0.1) is 0 Å². The molecule has 0 aliphatic heterocycles. The lowest BCUT2D eigenvalue weighted by atomic mass is 9.82. The lowest BCUT2D eigenvalue weighted by molar-refractivity contribution is 0.660. The summed E-state index contributed by atoms with van der Waals surface area (Å²) in [7, 11) is 0. The van der Waals surface area contributed by atoms with E-state index in [0.717, 1.165) is 23.5 Å². The molecule has 1 aliphatic rings. The second-order valence-electron chi connectivity index (χ2n) is 15.0. The molecule has 0 N–H and O–H groups in total. The third kappa shape index (κ3) is 5.33. The zero-order valence-electron chi connectivity index (χ0n) is 30.6. The Morgan fingerprint density at radius 2 is 1.02 bits per heavy atom. The SMILES string of the molecule is CC1(C)c2ccccc2-c2ccc(N(c3ccccc3)c3ccc(-c4ccc5c(c4)c4ccccc4n5-c4ccc(Cc5ccccc5)cc4)cc3)cc21. The summed E-state index contributed by atoms with van der Waals surface area (Å²) in [6.07, 6.45) is 0.930. The number of benzene rings is 8. The van der Waals surface area contributed by atoms with Crippen molar-refractivity contribution in [2.24, 2.45) is 0 Å². The summed E-state index contributed by atoms with van der Waals surface area (Å²) in [6, 6.07) is 71.0. The number of para-hydroxylation sites is 2. The summed E-state index contributed by atoms with van der Waals surface area (Å²) in [4.78, 5) is 2.38. The van der Waals surface area contributed by atoms with Gasteiger partial charge >= 0.3 is 0 Å². The van der Waals surface area contributed by atoms with Gasteiger partial charge in [0, 0.05) is 38.9 Å².